The third kappa shape index (κ3) is 3.15. The van der Waals surface area contributed by atoms with Gasteiger partial charge < -0.3 is 14.9 Å². The SMILES string of the molecule is CCC[C@@H](OC)[C@@H](O)CO. The van der Waals surface area contributed by atoms with E-state index in [0.29, 0.717) is 0 Å². The highest BCUT2D eigenvalue weighted by Gasteiger charge is 2.15. The molecule has 0 fully saturated rings. The Bertz CT molecular complexity index is 75.3. The molecule has 0 aromatic carbocycles. The second-order valence-electron chi connectivity index (χ2n) is 2.31. The molecule has 62 valence electrons. The van der Waals surface area contributed by atoms with Gasteiger partial charge >= 0.3 is 0 Å². The minimum atomic E-state index is -0.732. The van der Waals surface area contributed by atoms with Crippen LogP contribution in [0.15, 0.2) is 0 Å². The maximum absolute atomic E-state index is 9.07. The van der Waals surface area contributed by atoms with Gasteiger partial charge in [-0.3, -0.25) is 0 Å². The van der Waals surface area contributed by atoms with Crippen LogP contribution < -0.4 is 0 Å². The van der Waals surface area contributed by atoms with Crippen LogP contribution in [-0.4, -0.2) is 36.1 Å². The smallest absolute Gasteiger partial charge is 0.103 e. The van der Waals surface area contributed by atoms with Crippen molar-refractivity contribution in [3.8, 4) is 0 Å². The molecule has 0 aliphatic rings. The second kappa shape index (κ2) is 5.65. The predicted octanol–water partition coefficient (Wildman–Crippen LogP) is 0.155. The summed E-state index contributed by atoms with van der Waals surface area (Å²) in [5.74, 6) is 0. The van der Waals surface area contributed by atoms with Crippen molar-refractivity contribution in [2.45, 2.75) is 32.0 Å². The van der Waals surface area contributed by atoms with Crippen LogP contribution >= 0.6 is 0 Å². The minimum Gasteiger partial charge on any atom is -0.394 e. The number of ether oxygens (including phenoxy) is 1. The Morgan fingerprint density at radius 1 is 1.50 bits per heavy atom. The molecule has 0 amide bonds. The molecule has 0 spiro atoms. The highest BCUT2D eigenvalue weighted by Crippen LogP contribution is 2.05. The number of hydrogen-bond donors (Lipinski definition) is 2. The molecule has 0 saturated carbocycles. The lowest BCUT2D eigenvalue weighted by Crippen LogP contribution is -2.30. The van der Waals surface area contributed by atoms with Crippen molar-refractivity contribution in [3.05, 3.63) is 0 Å². The number of methoxy groups -OCH3 is 1. The fourth-order valence-electron chi connectivity index (χ4n) is 0.869. The Labute approximate surface area is 61.6 Å². The molecule has 0 heterocycles. The van der Waals surface area contributed by atoms with Crippen molar-refractivity contribution < 1.29 is 14.9 Å². The first kappa shape index (κ1) is 9.88. The van der Waals surface area contributed by atoms with E-state index in [9.17, 15) is 0 Å². The normalized spacial score (nSPS) is 16.8. The van der Waals surface area contributed by atoms with Crippen molar-refractivity contribution in [1.82, 2.24) is 0 Å². The van der Waals surface area contributed by atoms with Crippen LogP contribution in [0, 0.1) is 0 Å². The summed E-state index contributed by atoms with van der Waals surface area (Å²) in [7, 11) is 1.54. The first-order valence-electron chi connectivity index (χ1n) is 3.58. The van der Waals surface area contributed by atoms with Gasteiger partial charge in [-0.15, -0.1) is 0 Å². The molecule has 2 atom stereocenters. The standard InChI is InChI=1S/C7H16O3/c1-3-4-7(10-2)6(9)5-8/h6-9H,3-5H2,1-2H3/t6-,7+/m0/s1. The number of aliphatic hydroxyl groups excluding tert-OH is 2. The molecule has 0 radical (unpaired) electrons. The molecule has 3 heteroatoms. The fourth-order valence-corrected chi connectivity index (χ4v) is 0.869. The molecule has 0 aromatic rings. The van der Waals surface area contributed by atoms with Gasteiger partial charge in [-0.25, -0.2) is 0 Å². The molecular weight excluding hydrogens is 132 g/mol. The van der Waals surface area contributed by atoms with Gasteiger partial charge in [-0.2, -0.15) is 0 Å². The summed E-state index contributed by atoms with van der Waals surface area (Å²) in [6, 6.07) is 0. The molecule has 0 rings (SSSR count). The van der Waals surface area contributed by atoms with E-state index in [1.807, 2.05) is 6.92 Å². The van der Waals surface area contributed by atoms with Gasteiger partial charge in [-0.05, 0) is 6.42 Å². The van der Waals surface area contributed by atoms with E-state index < -0.39 is 6.10 Å². The van der Waals surface area contributed by atoms with Crippen molar-refractivity contribution in [2.75, 3.05) is 13.7 Å². The van der Waals surface area contributed by atoms with Crippen LogP contribution in [0.4, 0.5) is 0 Å². The van der Waals surface area contributed by atoms with Crippen LogP contribution in [0.25, 0.3) is 0 Å². The molecule has 0 aliphatic carbocycles. The summed E-state index contributed by atoms with van der Waals surface area (Å²) in [6.45, 7) is 1.79. The molecule has 10 heavy (non-hydrogen) atoms. The third-order valence-corrected chi connectivity index (χ3v) is 1.49. The van der Waals surface area contributed by atoms with Crippen molar-refractivity contribution in [1.29, 1.82) is 0 Å². The summed E-state index contributed by atoms with van der Waals surface area (Å²) >= 11 is 0. The van der Waals surface area contributed by atoms with Crippen LogP contribution in [0.1, 0.15) is 19.8 Å². The Kier molecular flexibility index (Phi) is 5.58. The zero-order chi connectivity index (χ0) is 7.98. The maximum atomic E-state index is 9.07. The van der Waals surface area contributed by atoms with Crippen LogP contribution in [0.3, 0.4) is 0 Å². The van der Waals surface area contributed by atoms with E-state index in [1.165, 1.54) is 0 Å². The fraction of sp³-hybridized carbons (Fsp3) is 1.00. The van der Waals surface area contributed by atoms with Crippen molar-refractivity contribution in [3.63, 3.8) is 0 Å². The first-order chi connectivity index (χ1) is 4.76. The molecule has 2 N–H and O–H groups in total. The molecule has 0 aliphatic heterocycles. The summed E-state index contributed by atoms with van der Waals surface area (Å²) in [5, 5.41) is 17.6. The lowest BCUT2D eigenvalue weighted by atomic mass is 10.1. The lowest BCUT2D eigenvalue weighted by Gasteiger charge is -2.18. The predicted molar refractivity (Wildman–Crippen MR) is 38.8 cm³/mol. The minimum absolute atomic E-state index is 0.213. The van der Waals surface area contributed by atoms with E-state index in [0.717, 1.165) is 12.8 Å². The molecule has 0 aromatic heterocycles. The monoisotopic (exact) mass is 148 g/mol. The summed E-state index contributed by atoms with van der Waals surface area (Å²) in [5.41, 5.74) is 0. The molecular formula is C7H16O3. The largest absolute Gasteiger partial charge is 0.394 e. The lowest BCUT2D eigenvalue weighted by molar-refractivity contribution is -0.0411. The van der Waals surface area contributed by atoms with Crippen molar-refractivity contribution in [2.24, 2.45) is 0 Å². The highest BCUT2D eigenvalue weighted by atomic mass is 16.5. The van der Waals surface area contributed by atoms with E-state index >= 15 is 0 Å². The summed E-state index contributed by atoms with van der Waals surface area (Å²) < 4.78 is 4.93. The van der Waals surface area contributed by atoms with E-state index in [4.69, 9.17) is 14.9 Å². The summed E-state index contributed by atoms with van der Waals surface area (Å²) in [4.78, 5) is 0. The van der Waals surface area contributed by atoms with Gasteiger partial charge in [-0.1, -0.05) is 13.3 Å². The molecule has 0 saturated heterocycles. The van der Waals surface area contributed by atoms with E-state index in [-0.39, 0.29) is 12.7 Å². The number of aliphatic hydroxyl groups is 2. The average Bonchev–Trinajstić information content (AvgIpc) is 1.99. The zero-order valence-corrected chi connectivity index (χ0v) is 6.58. The molecule has 0 unspecified atom stereocenters. The van der Waals surface area contributed by atoms with Crippen LogP contribution in [0.2, 0.25) is 0 Å². The van der Waals surface area contributed by atoms with Crippen molar-refractivity contribution >= 4 is 0 Å². The van der Waals surface area contributed by atoms with Gasteiger partial charge in [0.1, 0.15) is 6.10 Å². The summed E-state index contributed by atoms with van der Waals surface area (Å²) in [6.07, 6.45) is 0.799. The Morgan fingerprint density at radius 3 is 2.40 bits per heavy atom. The average molecular weight is 148 g/mol. The maximum Gasteiger partial charge on any atom is 0.103 e. The Morgan fingerprint density at radius 2 is 2.10 bits per heavy atom. The molecule has 3 nitrogen and oxygen atoms in total. The van der Waals surface area contributed by atoms with Gasteiger partial charge in [0, 0.05) is 7.11 Å². The second-order valence-corrected chi connectivity index (χ2v) is 2.31. The third-order valence-electron chi connectivity index (χ3n) is 1.49. The Balaban J connectivity index is 3.56. The van der Waals surface area contributed by atoms with E-state index in [2.05, 4.69) is 0 Å². The van der Waals surface area contributed by atoms with Gasteiger partial charge in [0.05, 0.1) is 12.7 Å². The Hall–Kier alpha value is -0.120. The van der Waals surface area contributed by atoms with E-state index in [1.54, 1.807) is 7.11 Å². The number of rotatable bonds is 5. The zero-order valence-electron chi connectivity index (χ0n) is 6.58. The topological polar surface area (TPSA) is 49.7 Å². The van der Waals surface area contributed by atoms with Gasteiger partial charge in [0.25, 0.3) is 0 Å². The van der Waals surface area contributed by atoms with Crippen LogP contribution in [0.5, 0.6) is 0 Å². The quantitative estimate of drug-likeness (QED) is 0.583. The highest BCUT2D eigenvalue weighted by molar-refractivity contribution is 4.66. The van der Waals surface area contributed by atoms with Gasteiger partial charge in [0.2, 0.25) is 0 Å². The first-order valence-corrected chi connectivity index (χ1v) is 3.58. The van der Waals surface area contributed by atoms with Crippen LogP contribution in [-0.2, 0) is 4.74 Å². The number of hydrogen-bond acceptors (Lipinski definition) is 3. The molecule has 0 bridgehead atoms. The van der Waals surface area contributed by atoms with Gasteiger partial charge in [0.15, 0.2) is 0 Å².